The Morgan fingerprint density at radius 3 is 2.62 bits per heavy atom. The van der Waals surface area contributed by atoms with Crippen LogP contribution >= 0.6 is 0 Å². The van der Waals surface area contributed by atoms with Gasteiger partial charge in [0, 0.05) is 24.7 Å². The zero-order chi connectivity index (χ0) is 21.0. The van der Waals surface area contributed by atoms with Crippen LogP contribution in [0.4, 0.5) is 4.79 Å². The minimum absolute atomic E-state index is 0.0363. The van der Waals surface area contributed by atoms with Crippen molar-refractivity contribution >= 4 is 12.0 Å². The molecule has 6 nitrogen and oxygen atoms in total. The Morgan fingerprint density at radius 1 is 1.24 bits per heavy atom. The molecular weight excluding hydrogens is 366 g/mol. The second-order valence-electron chi connectivity index (χ2n) is 8.85. The number of nitrogens with zero attached hydrogens (tertiary/aromatic N) is 2. The molecule has 1 N–H and O–H groups in total. The van der Waals surface area contributed by atoms with E-state index in [1.54, 1.807) is 0 Å². The number of likely N-dealkylation sites (tertiary alicyclic amines) is 1. The molecule has 1 heterocycles. The van der Waals surface area contributed by atoms with Gasteiger partial charge in [-0.2, -0.15) is 0 Å². The smallest absolute Gasteiger partial charge is 0.408 e. The van der Waals surface area contributed by atoms with E-state index >= 15 is 0 Å². The van der Waals surface area contributed by atoms with Crippen LogP contribution in [0.5, 0.6) is 0 Å². The van der Waals surface area contributed by atoms with Gasteiger partial charge in [0.1, 0.15) is 12.6 Å². The number of amides is 2. The number of rotatable bonds is 6. The van der Waals surface area contributed by atoms with Crippen LogP contribution in [-0.4, -0.2) is 59.6 Å². The minimum Gasteiger partial charge on any atom is -0.445 e. The fourth-order valence-corrected chi connectivity index (χ4v) is 4.68. The summed E-state index contributed by atoms with van der Waals surface area (Å²) in [6.07, 6.45) is 3.38. The molecule has 1 aliphatic heterocycles. The molecule has 160 valence electrons. The van der Waals surface area contributed by atoms with Crippen molar-refractivity contribution in [3.63, 3.8) is 0 Å². The average molecular weight is 402 g/mol. The molecule has 1 unspecified atom stereocenters. The number of benzene rings is 1. The van der Waals surface area contributed by atoms with Gasteiger partial charge in [-0.25, -0.2) is 4.79 Å². The van der Waals surface area contributed by atoms with Crippen molar-refractivity contribution < 1.29 is 14.3 Å². The van der Waals surface area contributed by atoms with Crippen LogP contribution in [0.1, 0.15) is 52.0 Å². The fourth-order valence-electron chi connectivity index (χ4n) is 4.68. The molecule has 1 saturated heterocycles. The summed E-state index contributed by atoms with van der Waals surface area (Å²) in [5, 5.41) is 2.76. The zero-order valence-electron chi connectivity index (χ0n) is 18.1. The molecule has 1 aliphatic carbocycles. The Bertz CT molecular complexity index is 694. The molecule has 1 aromatic rings. The summed E-state index contributed by atoms with van der Waals surface area (Å²) >= 11 is 0. The summed E-state index contributed by atoms with van der Waals surface area (Å²) in [6, 6.07) is 10.5. The third-order valence-corrected chi connectivity index (χ3v) is 6.63. The molecule has 0 bridgehead atoms. The summed E-state index contributed by atoms with van der Waals surface area (Å²) in [4.78, 5) is 29.5. The van der Waals surface area contributed by atoms with E-state index in [-0.39, 0.29) is 18.6 Å². The maximum atomic E-state index is 12.9. The van der Waals surface area contributed by atoms with Crippen LogP contribution in [0.3, 0.4) is 0 Å². The highest BCUT2D eigenvalue weighted by atomic mass is 16.5. The molecule has 2 aliphatic rings. The third-order valence-electron chi connectivity index (χ3n) is 6.63. The lowest BCUT2D eigenvalue weighted by Crippen LogP contribution is -2.51. The fraction of sp³-hybridized carbons (Fsp3) is 0.652. The van der Waals surface area contributed by atoms with Crippen molar-refractivity contribution in [2.75, 3.05) is 13.6 Å². The van der Waals surface area contributed by atoms with Crippen LogP contribution < -0.4 is 5.32 Å². The van der Waals surface area contributed by atoms with Gasteiger partial charge < -0.3 is 19.9 Å². The number of hydrogen-bond donors (Lipinski definition) is 1. The number of alkyl carbamates (subject to hydrolysis) is 1. The van der Waals surface area contributed by atoms with E-state index in [1.807, 2.05) is 35.2 Å². The lowest BCUT2D eigenvalue weighted by Gasteiger charge is -2.43. The molecule has 0 radical (unpaired) electrons. The Morgan fingerprint density at radius 2 is 1.97 bits per heavy atom. The second-order valence-corrected chi connectivity index (χ2v) is 8.85. The summed E-state index contributed by atoms with van der Waals surface area (Å²) in [6.45, 7) is 7.64. The Kier molecular flexibility index (Phi) is 7.17. The second kappa shape index (κ2) is 9.61. The summed E-state index contributed by atoms with van der Waals surface area (Å²) < 4.78 is 5.28. The molecule has 2 amide bonds. The number of carbonyl (C=O) groups is 2. The predicted octanol–water partition coefficient (Wildman–Crippen LogP) is 3.41. The molecule has 29 heavy (non-hydrogen) atoms. The summed E-state index contributed by atoms with van der Waals surface area (Å²) in [7, 11) is 2.20. The van der Waals surface area contributed by atoms with Crippen molar-refractivity contribution in [1.29, 1.82) is 0 Å². The van der Waals surface area contributed by atoms with Crippen LogP contribution in [0, 0.1) is 5.92 Å². The summed E-state index contributed by atoms with van der Waals surface area (Å²) in [5.41, 5.74) is 0.930. The van der Waals surface area contributed by atoms with E-state index < -0.39 is 12.1 Å². The molecule has 4 atom stereocenters. The maximum Gasteiger partial charge on any atom is 0.408 e. The third kappa shape index (κ3) is 5.30. The molecule has 3 rings (SSSR count). The van der Waals surface area contributed by atoms with Gasteiger partial charge >= 0.3 is 6.09 Å². The van der Waals surface area contributed by atoms with E-state index in [2.05, 4.69) is 38.0 Å². The summed E-state index contributed by atoms with van der Waals surface area (Å²) in [5.74, 6) is 0.497. The predicted molar refractivity (Wildman–Crippen MR) is 113 cm³/mol. The van der Waals surface area contributed by atoms with E-state index in [9.17, 15) is 9.59 Å². The van der Waals surface area contributed by atoms with E-state index in [0.29, 0.717) is 31.0 Å². The highest BCUT2D eigenvalue weighted by Gasteiger charge is 2.41. The van der Waals surface area contributed by atoms with Gasteiger partial charge in [0.05, 0.1) is 0 Å². The van der Waals surface area contributed by atoms with Gasteiger partial charge in [0.2, 0.25) is 5.91 Å². The number of carbonyl (C=O) groups excluding carboxylic acids is 2. The largest absolute Gasteiger partial charge is 0.445 e. The first kappa shape index (κ1) is 21.6. The first-order chi connectivity index (χ1) is 13.9. The monoisotopic (exact) mass is 401 g/mol. The Balaban J connectivity index is 1.49. The lowest BCUT2D eigenvalue weighted by atomic mass is 9.81. The van der Waals surface area contributed by atoms with Crippen molar-refractivity contribution in [3.8, 4) is 0 Å². The molecule has 1 saturated carbocycles. The minimum atomic E-state index is -0.524. The molecule has 6 heteroatoms. The van der Waals surface area contributed by atoms with Crippen molar-refractivity contribution in [1.82, 2.24) is 15.1 Å². The SMILES string of the molecule is CC(C)N(C)[C@@H]1CC[C@H](N2CCC(NC(=O)OCc3ccccc3)C2=O)[C@H](C)C1. The standard InChI is InChI=1S/C23H35N3O3/c1-16(2)25(4)19-10-11-21(17(3)14-19)26-13-12-20(22(26)27)24-23(28)29-15-18-8-6-5-7-9-18/h5-9,16-17,19-21H,10-15H2,1-4H3,(H,24,28)/t17-,19-,20?,21+/m1/s1. The number of nitrogens with one attached hydrogen (secondary N) is 1. The number of hydrogen-bond acceptors (Lipinski definition) is 4. The van der Waals surface area contributed by atoms with Gasteiger partial charge in [-0.1, -0.05) is 37.3 Å². The van der Waals surface area contributed by atoms with Crippen LogP contribution in [0.15, 0.2) is 30.3 Å². The van der Waals surface area contributed by atoms with Crippen LogP contribution in [0.2, 0.25) is 0 Å². The highest BCUT2D eigenvalue weighted by molar-refractivity contribution is 5.87. The van der Waals surface area contributed by atoms with Gasteiger partial charge in [-0.15, -0.1) is 0 Å². The quantitative estimate of drug-likeness (QED) is 0.794. The molecule has 0 aromatic heterocycles. The maximum absolute atomic E-state index is 12.9. The van der Waals surface area contributed by atoms with Gasteiger partial charge in [0.25, 0.3) is 0 Å². The lowest BCUT2D eigenvalue weighted by molar-refractivity contribution is -0.133. The van der Waals surface area contributed by atoms with Crippen molar-refractivity contribution in [3.05, 3.63) is 35.9 Å². The molecule has 1 aromatic carbocycles. The van der Waals surface area contributed by atoms with Crippen molar-refractivity contribution in [2.45, 2.75) is 77.2 Å². The topological polar surface area (TPSA) is 61.9 Å². The van der Waals surface area contributed by atoms with Gasteiger partial charge in [-0.3, -0.25) is 4.79 Å². The molecule has 2 fully saturated rings. The Labute approximate surface area is 174 Å². The Hall–Kier alpha value is -2.08. The van der Waals surface area contributed by atoms with E-state index in [0.717, 1.165) is 24.8 Å². The van der Waals surface area contributed by atoms with Gasteiger partial charge in [-0.05, 0) is 58.1 Å². The first-order valence-corrected chi connectivity index (χ1v) is 10.9. The van der Waals surface area contributed by atoms with E-state index in [4.69, 9.17) is 4.74 Å². The van der Waals surface area contributed by atoms with E-state index in [1.165, 1.54) is 0 Å². The van der Waals surface area contributed by atoms with Crippen LogP contribution in [-0.2, 0) is 16.1 Å². The molecule has 0 spiro atoms. The van der Waals surface area contributed by atoms with Gasteiger partial charge in [0.15, 0.2) is 0 Å². The molecular formula is C23H35N3O3. The highest BCUT2D eigenvalue weighted by Crippen LogP contribution is 2.33. The number of ether oxygens (including phenoxy) is 1. The van der Waals surface area contributed by atoms with Crippen molar-refractivity contribution in [2.24, 2.45) is 5.92 Å². The normalized spacial score (nSPS) is 27.5. The average Bonchev–Trinajstić information content (AvgIpc) is 3.06. The first-order valence-electron chi connectivity index (χ1n) is 10.9. The van der Waals surface area contributed by atoms with Crippen LogP contribution in [0.25, 0.3) is 0 Å². The zero-order valence-corrected chi connectivity index (χ0v) is 18.1.